The molecule has 1 spiro atoms. The second kappa shape index (κ2) is 8.61. The maximum atomic E-state index is 13.8. The van der Waals surface area contributed by atoms with Gasteiger partial charge in [0.15, 0.2) is 0 Å². The van der Waals surface area contributed by atoms with Gasteiger partial charge in [0.1, 0.15) is 5.82 Å². The Bertz CT molecular complexity index is 1140. The smallest absolute Gasteiger partial charge is 0.274 e. The summed E-state index contributed by atoms with van der Waals surface area (Å²) in [6.07, 6.45) is 2.07. The third kappa shape index (κ3) is 3.79. The number of nitrogens with one attached hydrogen (secondary N) is 1. The van der Waals surface area contributed by atoms with E-state index < -0.39 is 5.91 Å². The van der Waals surface area contributed by atoms with Crippen LogP contribution in [-0.4, -0.2) is 36.2 Å². The molecule has 5 rings (SSSR count). The number of piperidine rings is 1. The van der Waals surface area contributed by atoms with Crippen molar-refractivity contribution in [2.45, 2.75) is 30.8 Å². The SMILES string of the molecule is CN1CCC2(CC1)c1ccccc1N(Cc1ccc(C(=O)NO)cc1)C2c1ccc(F)cc1. The quantitative estimate of drug-likeness (QED) is 0.453. The molecule has 1 unspecified atom stereocenters. The lowest BCUT2D eigenvalue weighted by molar-refractivity contribution is 0.0706. The molecule has 3 aromatic rings. The minimum atomic E-state index is -0.525. The number of benzene rings is 3. The van der Waals surface area contributed by atoms with Gasteiger partial charge in [0.05, 0.1) is 6.04 Å². The van der Waals surface area contributed by atoms with Gasteiger partial charge in [-0.1, -0.05) is 42.5 Å². The molecule has 6 heteroatoms. The van der Waals surface area contributed by atoms with E-state index in [-0.39, 0.29) is 17.3 Å². The van der Waals surface area contributed by atoms with Gasteiger partial charge >= 0.3 is 0 Å². The van der Waals surface area contributed by atoms with Gasteiger partial charge in [0, 0.05) is 23.2 Å². The molecular formula is C27H28FN3O2. The van der Waals surface area contributed by atoms with Gasteiger partial charge < -0.3 is 9.80 Å². The number of hydroxylamine groups is 1. The Morgan fingerprint density at radius 2 is 1.70 bits per heavy atom. The lowest BCUT2D eigenvalue weighted by Gasteiger charge is -2.44. The number of halogens is 1. The summed E-state index contributed by atoms with van der Waals surface area (Å²) in [6.45, 7) is 2.70. The molecule has 0 saturated carbocycles. The van der Waals surface area contributed by atoms with Crippen molar-refractivity contribution >= 4 is 11.6 Å². The monoisotopic (exact) mass is 445 g/mol. The van der Waals surface area contributed by atoms with Crippen molar-refractivity contribution in [3.63, 3.8) is 0 Å². The highest BCUT2D eigenvalue weighted by molar-refractivity contribution is 5.93. The van der Waals surface area contributed by atoms with Gasteiger partial charge in [-0.25, -0.2) is 9.87 Å². The first-order valence-electron chi connectivity index (χ1n) is 11.4. The molecule has 170 valence electrons. The van der Waals surface area contributed by atoms with Gasteiger partial charge in [-0.15, -0.1) is 0 Å². The Morgan fingerprint density at radius 1 is 1.03 bits per heavy atom. The average molecular weight is 446 g/mol. The number of rotatable bonds is 4. The Hall–Kier alpha value is -3.22. The molecule has 0 aromatic heterocycles. The van der Waals surface area contributed by atoms with E-state index in [0.717, 1.165) is 37.1 Å². The lowest BCUT2D eigenvalue weighted by Crippen LogP contribution is -2.45. The van der Waals surface area contributed by atoms with E-state index in [1.807, 2.05) is 24.3 Å². The molecule has 1 atom stereocenters. The number of nitrogens with zero attached hydrogens (tertiary/aromatic N) is 2. The number of likely N-dealkylation sites (tertiary alicyclic amines) is 1. The van der Waals surface area contributed by atoms with Gasteiger partial charge in [-0.2, -0.15) is 0 Å². The predicted molar refractivity (Wildman–Crippen MR) is 126 cm³/mol. The first kappa shape index (κ1) is 21.6. The number of amides is 1. The zero-order valence-corrected chi connectivity index (χ0v) is 18.7. The molecule has 2 heterocycles. The van der Waals surface area contributed by atoms with Gasteiger partial charge in [-0.3, -0.25) is 10.0 Å². The van der Waals surface area contributed by atoms with E-state index in [1.54, 1.807) is 29.7 Å². The van der Waals surface area contributed by atoms with Crippen LogP contribution < -0.4 is 10.4 Å². The molecule has 2 aliphatic rings. The summed E-state index contributed by atoms with van der Waals surface area (Å²) in [6, 6.07) is 23.0. The molecule has 0 radical (unpaired) electrons. The van der Waals surface area contributed by atoms with Crippen molar-refractivity contribution in [2.24, 2.45) is 0 Å². The van der Waals surface area contributed by atoms with Crippen molar-refractivity contribution in [3.05, 3.63) is 101 Å². The number of carbonyl (C=O) groups excluding carboxylic acids is 1. The standard InChI is InChI=1S/C27H28FN3O2/c1-30-16-14-27(15-17-30)23-4-2-3-5-24(23)31(25(27)20-10-12-22(28)13-11-20)18-19-6-8-21(9-7-19)26(32)29-33/h2-13,25,33H,14-18H2,1H3,(H,29,32). The molecule has 1 amide bonds. The fourth-order valence-electron chi connectivity index (χ4n) is 5.63. The van der Waals surface area contributed by atoms with Crippen LogP contribution in [0.4, 0.5) is 10.1 Å². The Labute approximate surface area is 193 Å². The topological polar surface area (TPSA) is 55.8 Å². The van der Waals surface area contributed by atoms with E-state index in [2.05, 4.69) is 41.1 Å². The van der Waals surface area contributed by atoms with E-state index in [1.165, 1.54) is 11.3 Å². The van der Waals surface area contributed by atoms with Crippen LogP contribution in [0.2, 0.25) is 0 Å². The molecule has 0 bridgehead atoms. The zero-order chi connectivity index (χ0) is 23.0. The van der Waals surface area contributed by atoms with Crippen LogP contribution in [-0.2, 0) is 12.0 Å². The first-order chi connectivity index (χ1) is 16.0. The second-order valence-corrected chi connectivity index (χ2v) is 9.20. The molecule has 2 N–H and O–H groups in total. The van der Waals surface area contributed by atoms with Crippen molar-refractivity contribution in [3.8, 4) is 0 Å². The van der Waals surface area contributed by atoms with Crippen molar-refractivity contribution in [2.75, 3.05) is 25.0 Å². The fourth-order valence-corrected chi connectivity index (χ4v) is 5.63. The van der Waals surface area contributed by atoms with Crippen LogP contribution in [0.15, 0.2) is 72.8 Å². The van der Waals surface area contributed by atoms with Crippen molar-refractivity contribution < 1.29 is 14.4 Å². The zero-order valence-electron chi connectivity index (χ0n) is 18.7. The fraction of sp³-hybridized carbons (Fsp3) is 0.296. The largest absolute Gasteiger partial charge is 0.359 e. The molecule has 33 heavy (non-hydrogen) atoms. The van der Waals surface area contributed by atoms with Crippen LogP contribution >= 0.6 is 0 Å². The number of fused-ring (bicyclic) bond motifs is 2. The molecule has 1 saturated heterocycles. The predicted octanol–water partition coefficient (Wildman–Crippen LogP) is 4.67. The summed E-state index contributed by atoms with van der Waals surface area (Å²) in [7, 11) is 2.17. The third-order valence-corrected chi connectivity index (χ3v) is 7.32. The minimum Gasteiger partial charge on any atom is -0.359 e. The summed E-state index contributed by atoms with van der Waals surface area (Å²) >= 11 is 0. The third-order valence-electron chi connectivity index (χ3n) is 7.32. The summed E-state index contributed by atoms with van der Waals surface area (Å²) in [5.74, 6) is -0.751. The van der Waals surface area contributed by atoms with Gasteiger partial charge in [0.2, 0.25) is 0 Å². The maximum absolute atomic E-state index is 13.8. The Morgan fingerprint density at radius 3 is 2.36 bits per heavy atom. The van der Waals surface area contributed by atoms with E-state index in [9.17, 15) is 9.18 Å². The van der Waals surface area contributed by atoms with Crippen LogP contribution in [0, 0.1) is 5.82 Å². The Balaban J connectivity index is 1.58. The summed E-state index contributed by atoms with van der Waals surface area (Å²) in [4.78, 5) is 16.5. The summed E-state index contributed by atoms with van der Waals surface area (Å²) in [5.41, 5.74) is 6.81. The lowest BCUT2D eigenvalue weighted by atomic mass is 9.67. The highest BCUT2D eigenvalue weighted by Crippen LogP contribution is 2.58. The number of carbonyl (C=O) groups is 1. The normalized spacial score (nSPS) is 19.5. The van der Waals surface area contributed by atoms with E-state index in [4.69, 9.17) is 5.21 Å². The van der Waals surface area contributed by atoms with Crippen LogP contribution in [0.3, 0.4) is 0 Å². The molecule has 2 aliphatic heterocycles. The highest BCUT2D eigenvalue weighted by atomic mass is 19.1. The summed E-state index contributed by atoms with van der Waals surface area (Å²) < 4.78 is 13.8. The van der Waals surface area contributed by atoms with Crippen molar-refractivity contribution in [1.82, 2.24) is 10.4 Å². The van der Waals surface area contributed by atoms with Gasteiger partial charge in [-0.05, 0) is 80.0 Å². The van der Waals surface area contributed by atoms with Crippen molar-refractivity contribution in [1.29, 1.82) is 0 Å². The van der Waals surface area contributed by atoms with Crippen LogP contribution in [0.1, 0.15) is 45.9 Å². The first-order valence-corrected chi connectivity index (χ1v) is 11.4. The Kier molecular flexibility index (Phi) is 5.64. The van der Waals surface area contributed by atoms with Crippen LogP contribution in [0.5, 0.6) is 0 Å². The molecule has 5 nitrogen and oxygen atoms in total. The molecular weight excluding hydrogens is 417 g/mol. The average Bonchev–Trinajstić information content (AvgIpc) is 3.11. The number of para-hydroxylation sites is 1. The number of anilines is 1. The van der Waals surface area contributed by atoms with E-state index in [0.29, 0.717) is 12.1 Å². The second-order valence-electron chi connectivity index (χ2n) is 9.20. The molecule has 1 fully saturated rings. The number of hydrogen-bond acceptors (Lipinski definition) is 4. The highest BCUT2D eigenvalue weighted by Gasteiger charge is 2.52. The van der Waals surface area contributed by atoms with Gasteiger partial charge in [0.25, 0.3) is 5.91 Å². The summed E-state index contributed by atoms with van der Waals surface area (Å²) in [5, 5.41) is 8.90. The maximum Gasteiger partial charge on any atom is 0.274 e. The van der Waals surface area contributed by atoms with Crippen LogP contribution in [0.25, 0.3) is 0 Å². The number of hydrogen-bond donors (Lipinski definition) is 2. The minimum absolute atomic E-state index is 0.0440. The molecule has 0 aliphatic carbocycles. The van der Waals surface area contributed by atoms with E-state index >= 15 is 0 Å². The molecule has 3 aromatic carbocycles.